The van der Waals surface area contributed by atoms with E-state index in [9.17, 15) is 0 Å². The Labute approximate surface area is 95.3 Å². The summed E-state index contributed by atoms with van der Waals surface area (Å²) in [6.45, 7) is 4.30. The van der Waals surface area contributed by atoms with Crippen molar-refractivity contribution >= 4 is 5.88 Å². The lowest BCUT2D eigenvalue weighted by molar-refractivity contribution is 0.422. The van der Waals surface area contributed by atoms with Crippen LogP contribution in [0.4, 0.5) is 5.88 Å². The highest BCUT2D eigenvalue weighted by Crippen LogP contribution is 2.30. The lowest BCUT2D eigenvalue weighted by atomic mass is 10.00. The van der Waals surface area contributed by atoms with E-state index in [1.165, 1.54) is 0 Å². The average Bonchev–Trinajstić information content (AvgIpc) is 2.60. The number of nitrogens with two attached hydrogens (primary N) is 1. The maximum absolute atomic E-state index is 5.82. The van der Waals surface area contributed by atoms with Crippen LogP contribution in [0.2, 0.25) is 0 Å². The third kappa shape index (κ3) is 2.08. The molecule has 0 aliphatic rings. The van der Waals surface area contributed by atoms with Crippen LogP contribution in [0, 0.1) is 5.92 Å². The Balaban J connectivity index is 2.43. The van der Waals surface area contributed by atoms with Gasteiger partial charge in [-0.05, 0) is 17.9 Å². The molecule has 0 spiro atoms. The second-order valence-electron chi connectivity index (χ2n) is 4.33. The summed E-state index contributed by atoms with van der Waals surface area (Å²) < 4.78 is 5.08. The number of nitrogen functional groups attached to an aromatic ring is 1. The van der Waals surface area contributed by atoms with Gasteiger partial charge in [-0.15, -0.1) is 0 Å². The third-order valence-corrected chi connectivity index (χ3v) is 2.45. The molecule has 0 fully saturated rings. The first-order chi connectivity index (χ1) is 7.68. The Kier molecular flexibility index (Phi) is 2.95. The zero-order valence-corrected chi connectivity index (χ0v) is 9.60. The van der Waals surface area contributed by atoms with Gasteiger partial charge in [-0.2, -0.15) is 0 Å². The first-order valence-electron chi connectivity index (χ1n) is 5.48. The predicted molar refractivity (Wildman–Crippen MR) is 64.9 cm³/mol. The summed E-state index contributed by atoms with van der Waals surface area (Å²) in [6, 6.07) is 10.00. The van der Waals surface area contributed by atoms with E-state index in [1.807, 2.05) is 30.3 Å². The summed E-state index contributed by atoms with van der Waals surface area (Å²) in [4.78, 5) is 0. The Morgan fingerprint density at radius 3 is 2.56 bits per heavy atom. The predicted octanol–water partition coefficient (Wildman–Crippen LogP) is 3.12. The molecule has 0 aliphatic carbocycles. The Morgan fingerprint density at radius 1 is 1.25 bits per heavy atom. The fourth-order valence-corrected chi connectivity index (χ4v) is 1.78. The summed E-state index contributed by atoms with van der Waals surface area (Å²) >= 11 is 0. The summed E-state index contributed by atoms with van der Waals surface area (Å²) in [5.41, 5.74) is 8.77. The number of hydrogen-bond donors (Lipinski definition) is 1. The molecule has 0 radical (unpaired) electrons. The van der Waals surface area contributed by atoms with Crippen molar-refractivity contribution in [3.05, 3.63) is 36.0 Å². The van der Waals surface area contributed by atoms with Crippen molar-refractivity contribution < 1.29 is 4.52 Å². The van der Waals surface area contributed by atoms with Gasteiger partial charge in [0.15, 0.2) is 0 Å². The summed E-state index contributed by atoms with van der Waals surface area (Å²) in [6.07, 6.45) is 0.880. The largest absolute Gasteiger partial charge is 0.367 e. The number of hydrogen-bond acceptors (Lipinski definition) is 3. The Hall–Kier alpha value is -1.77. The van der Waals surface area contributed by atoms with Gasteiger partial charge in [0.25, 0.3) is 0 Å². The summed E-state index contributed by atoms with van der Waals surface area (Å²) in [5.74, 6) is 0.939. The molecule has 2 rings (SSSR count). The van der Waals surface area contributed by atoms with E-state index >= 15 is 0 Å². The normalized spacial score (nSPS) is 10.9. The highest BCUT2D eigenvalue weighted by molar-refractivity contribution is 5.74. The van der Waals surface area contributed by atoms with E-state index in [0.29, 0.717) is 11.8 Å². The molecule has 0 bridgehead atoms. The number of nitrogens with zero attached hydrogens (tertiary/aromatic N) is 1. The number of aromatic nitrogens is 1. The van der Waals surface area contributed by atoms with Crippen molar-refractivity contribution in [2.75, 3.05) is 5.73 Å². The van der Waals surface area contributed by atoms with Crippen LogP contribution < -0.4 is 5.73 Å². The molecule has 2 aromatic rings. The lowest BCUT2D eigenvalue weighted by Crippen LogP contribution is -1.97. The zero-order chi connectivity index (χ0) is 11.5. The minimum Gasteiger partial charge on any atom is -0.367 e. The highest BCUT2D eigenvalue weighted by atomic mass is 16.5. The fraction of sp³-hybridized carbons (Fsp3) is 0.308. The van der Waals surface area contributed by atoms with Gasteiger partial charge >= 0.3 is 0 Å². The standard InChI is InChI=1S/C13H16N2O/c1-9(2)8-11-12(13(14)16-15-11)10-6-4-3-5-7-10/h3-7,9H,8,14H2,1-2H3. The molecule has 0 saturated carbocycles. The third-order valence-electron chi connectivity index (χ3n) is 2.45. The molecular formula is C13H16N2O. The first kappa shape index (κ1) is 10.7. The van der Waals surface area contributed by atoms with Crippen molar-refractivity contribution in [1.82, 2.24) is 5.16 Å². The van der Waals surface area contributed by atoms with E-state index in [-0.39, 0.29) is 0 Å². The molecular weight excluding hydrogens is 200 g/mol. The molecule has 0 aliphatic heterocycles. The molecule has 2 N–H and O–H groups in total. The van der Waals surface area contributed by atoms with Crippen LogP contribution in [0.25, 0.3) is 11.1 Å². The van der Waals surface area contributed by atoms with Gasteiger partial charge in [0, 0.05) is 0 Å². The van der Waals surface area contributed by atoms with Crippen LogP contribution in [-0.4, -0.2) is 5.16 Å². The van der Waals surface area contributed by atoms with E-state index in [4.69, 9.17) is 10.3 Å². The smallest absolute Gasteiger partial charge is 0.230 e. The minimum absolute atomic E-state index is 0.404. The molecule has 84 valence electrons. The molecule has 1 aromatic heterocycles. The van der Waals surface area contributed by atoms with Crippen LogP contribution in [0.15, 0.2) is 34.9 Å². The van der Waals surface area contributed by atoms with Crippen molar-refractivity contribution in [2.24, 2.45) is 5.92 Å². The van der Waals surface area contributed by atoms with Gasteiger partial charge in [0.1, 0.15) is 0 Å². The summed E-state index contributed by atoms with van der Waals surface area (Å²) in [5, 5.41) is 4.03. The van der Waals surface area contributed by atoms with Crippen LogP contribution in [0.3, 0.4) is 0 Å². The SMILES string of the molecule is CC(C)Cc1noc(N)c1-c1ccccc1. The van der Waals surface area contributed by atoms with Crippen molar-refractivity contribution in [3.63, 3.8) is 0 Å². The van der Waals surface area contributed by atoms with Crippen LogP contribution in [0.1, 0.15) is 19.5 Å². The van der Waals surface area contributed by atoms with Gasteiger partial charge in [-0.3, -0.25) is 0 Å². The molecule has 16 heavy (non-hydrogen) atoms. The van der Waals surface area contributed by atoms with Crippen molar-refractivity contribution in [1.29, 1.82) is 0 Å². The minimum atomic E-state index is 0.404. The molecule has 0 amide bonds. The van der Waals surface area contributed by atoms with E-state index in [2.05, 4.69) is 19.0 Å². The van der Waals surface area contributed by atoms with E-state index in [1.54, 1.807) is 0 Å². The molecule has 1 heterocycles. The quantitative estimate of drug-likeness (QED) is 0.857. The number of anilines is 1. The molecule has 0 saturated heterocycles. The van der Waals surface area contributed by atoms with Crippen LogP contribution in [0.5, 0.6) is 0 Å². The van der Waals surface area contributed by atoms with Gasteiger partial charge in [-0.25, -0.2) is 0 Å². The Bertz CT molecular complexity index is 460. The topological polar surface area (TPSA) is 52.0 Å². The van der Waals surface area contributed by atoms with Gasteiger partial charge in [0.2, 0.25) is 5.88 Å². The second kappa shape index (κ2) is 4.39. The van der Waals surface area contributed by atoms with E-state index < -0.39 is 0 Å². The maximum atomic E-state index is 5.82. The number of benzene rings is 1. The van der Waals surface area contributed by atoms with Gasteiger partial charge < -0.3 is 10.3 Å². The first-order valence-corrected chi connectivity index (χ1v) is 5.48. The lowest BCUT2D eigenvalue weighted by Gasteiger charge is -2.04. The van der Waals surface area contributed by atoms with Crippen LogP contribution in [-0.2, 0) is 6.42 Å². The average molecular weight is 216 g/mol. The second-order valence-corrected chi connectivity index (χ2v) is 4.33. The molecule has 0 atom stereocenters. The Morgan fingerprint density at radius 2 is 1.94 bits per heavy atom. The summed E-state index contributed by atoms with van der Waals surface area (Å²) in [7, 11) is 0. The molecule has 1 aromatic carbocycles. The monoisotopic (exact) mass is 216 g/mol. The van der Waals surface area contributed by atoms with Crippen molar-refractivity contribution in [2.45, 2.75) is 20.3 Å². The van der Waals surface area contributed by atoms with Gasteiger partial charge in [-0.1, -0.05) is 49.3 Å². The molecule has 3 nitrogen and oxygen atoms in total. The molecule has 0 unspecified atom stereocenters. The maximum Gasteiger partial charge on any atom is 0.230 e. The molecule has 3 heteroatoms. The van der Waals surface area contributed by atoms with Gasteiger partial charge in [0.05, 0.1) is 11.3 Å². The zero-order valence-electron chi connectivity index (χ0n) is 9.60. The number of rotatable bonds is 3. The fourth-order valence-electron chi connectivity index (χ4n) is 1.78. The van der Waals surface area contributed by atoms with E-state index in [0.717, 1.165) is 23.2 Å². The van der Waals surface area contributed by atoms with Crippen molar-refractivity contribution in [3.8, 4) is 11.1 Å². The van der Waals surface area contributed by atoms with Crippen LogP contribution >= 0.6 is 0 Å². The highest BCUT2D eigenvalue weighted by Gasteiger charge is 2.15.